The summed E-state index contributed by atoms with van der Waals surface area (Å²) in [6, 6.07) is 6.14. The number of carbonyl (C=O) groups excluding carboxylic acids is 2. The van der Waals surface area contributed by atoms with Crippen molar-refractivity contribution in [3.8, 4) is 0 Å². The van der Waals surface area contributed by atoms with Crippen LogP contribution in [0, 0.1) is 5.82 Å². The summed E-state index contributed by atoms with van der Waals surface area (Å²) in [5, 5.41) is -0.783. The average molecular weight is 313 g/mol. The third kappa shape index (κ3) is 5.38. The van der Waals surface area contributed by atoms with Crippen LogP contribution in [0.5, 0.6) is 0 Å². The molecule has 1 aromatic rings. The number of ether oxygens (including phenoxy) is 1. The Kier molecular flexibility index (Phi) is 6.68. The van der Waals surface area contributed by atoms with Gasteiger partial charge in [0.2, 0.25) is 5.91 Å². The van der Waals surface area contributed by atoms with E-state index in [0.717, 1.165) is 5.56 Å². The van der Waals surface area contributed by atoms with Crippen LogP contribution in [-0.4, -0.2) is 41.4 Å². The number of carbonyl (C=O) groups is 2. The van der Waals surface area contributed by atoms with Gasteiger partial charge in [-0.3, -0.25) is 9.59 Å². The molecule has 0 fully saturated rings. The van der Waals surface area contributed by atoms with E-state index in [4.69, 9.17) is 0 Å². The molecule has 6 heteroatoms. The summed E-state index contributed by atoms with van der Waals surface area (Å²) in [6.45, 7) is 3.77. The smallest absolute Gasteiger partial charge is 0.318 e. The summed E-state index contributed by atoms with van der Waals surface area (Å²) < 4.78 is 17.8. The summed E-state index contributed by atoms with van der Waals surface area (Å²) >= 11 is 1.24. The molecule has 1 amide bonds. The maximum absolute atomic E-state index is 13.1. The van der Waals surface area contributed by atoms with E-state index >= 15 is 0 Å². The molecular weight excluding hydrogens is 293 g/mol. The van der Waals surface area contributed by atoms with Gasteiger partial charge in [-0.15, -0.1) is 11.8 Å². The van der Waals surface area contributed by atoms with E-state index in [2.05, 4.69) is 4.74 Å². The zero-order chi connectivity index (χ0) is 16.0. The maximum atomic E-state index is 13.1. The van der Waals surface area contributed by atoms with Crippen LogP contribution in [0.3, 0.4) is 0 Å². The van der Waals surface area contributed by atoms with E-state index in [9.17, 15) is 14.0 Å². The second-order valence-corrected chi connectivity index (χ2v) is 6.45. The molecule has 4 nitrogen and oxygen atoms in total. The fraction of sp³-hybridized carbons (Fsp3) is 0.467. The van der Waals surface area contributed by atoms with Crippen molar-refractivity contribution in [3.63, 3.8) is 0 Å². The van der Waals surface area contributed by atoms with Crippen molar-refractivity contribution in [1.82, 2.24) is 4.90 Å². The molecule has 0 bridgehead atoms. The lowest BCUT2D eigenvalue weighted by Gasteiger charge is -2.22. The summed E-state index contributed by atoms with van der Waals surface area (Å²) in [6.07, 6.45) is 0. The predicted molar refractivity (Wildman–Crippen MR) is 81.4 cm³/mol. The molecule has 0 aromatic heterocycles. The van der Waals surface area contributed by atoms with Gasteiger partial charge in [-0.1, -0.05) is 12.1 Å². The first-order valence-electron chi connectivity index (χ1n) is 6.58. The minimum Gasteiger partial charge on any atom is -0.468 e. The molecule has 0 N–H and O–H groups in total. The molecule has 1 rings (SSSR count). The molecule has 0 aliphatic carbocycles. The van der Waals surface area contributed by atoms with Gasteiger partial charge < -0.3 is 9.64 Å². The molecule has 0 saturated heterocycles. The lowest BCUT2D eigenvalue weighted by Crippen LogP contribution is -2.34. The molecule has 116 valence electrons. The quantitative estimate of drug-likeness (QED) is 0.757. The van der Waals surface area contributed by atoms with Crippen LogP contribution in [-0.2, 0) is 20.9 Å². The van der Waals surface area contributed by atoms with Crippen molar-refractivity contribution in [2.24, 2.45) is 0 Å². The molecule has 2 unspecified atom stereocenters. The zero-order valence-electron chi connectivity index (χ0n) is 12.6. The van der Waals surface area contributed by atoms with Crippen molar-refractivity contribution in [2.45, 2.75) is 30.9 Å². The Morgan fingerprint density at radius 2 is 2.00 bits per heavy atom. The summed E-state index contributed by atoms with van der Waals surface area (Å²) in [7, 11) is 2.98. The molecule has 0 spiro atoms. The Morgan fingerprint density at radius 1 is 1.33 bits per heavy atom. The molecule has 0 heterocycles. The van der Waals surface area contributed by atoms with E-state index in [1.807, 2.05) is 0 Å². The van der Waals surface area contributed by atoms with Crippen LogP contribution in [0.4, 0.5) is 4.39 Å². The Balaban J connectivity index is 2.59. The Hall–Kier alpha value is -1.56. The largest absolute Gasteiger partial charge is 0.468 e. The highest BCUT2D eigenvalue weighted by Gasteiger charge is 2.24. The number of benzene rings is 1. The van der Waals surface area contributed by atoms with Gasteiger partial charge in [0.15, 0.2) is 0 Å². The minimum atomic E-state index is -0.406. The van der Waals surface area contributed by atoms with Gasteiger partial charge in [0, 0.05) is 13.6 Å². The minimum absolute atomic E-state index is 0.111. The van der Waals surface area contributed by atoms with E-state index in [-0.39, 0.29) is 22.9 Å². The molecule has 2 atom stereocenters. The number of hydrogen-bond acceptors (Lipinski definition) is 4. The second kappa shape index (κ2) is 8.02. The number of halogens is 1. The number of methoxy groups -OCH3 is 1. The normalized spacial score (nSPS) is 13.4. The summed E-state index contributed by atoms with van der Waals surface area (Å²) in [5.41, 5.74) is 0.726. The van der Waals surface area contributed by atoms with Gasteiger partial charge in [-0.2, -0.15) is 0 Å². The molecule has 0 radical (unpaired) electrons. The Morgan fingerprint density at radius 3 is 2.57 bits per heavy atom. The van der Waals surface area contributed by atoms with Crippen molar-refractivity contribution in [3.05, 3.63) is 35.6 Å². The van der Waals surface area contributed by atoms with Crippen molar-refractivity contribution >= 4 is 23.6 Å². The Labute approximate surface area is 128 Å². The van der Waals surface area contributed by atoms with Crippen LogP contribution in [0.25, 0.3) is 0 Å². The van der Waals surface area contributed by atoms with E-state index in [1.54, 1.807) is 33.0 Å². The van der Waals surface area contributed by atoms with Crippen LogP contribution in [0.2, 0.25) is 0 Å². The van der Waals surface area contributed by atoms with Crippen LogP contribution in [0.15, 0.2) is 24.3 Å². The number of esters is 1. The molecule has 0 aliphatic heterocycles. The molecule has 0 saturated carbocycles. The van der Waals surface area contributed by atoms with Gasteiger partial charge in [-0.25, -0.2) is 4.39 Å². The van der Waals surface area contributed by atoms with Crippen molar-refractivity contribution < 1.29 is 18.7 Å². The number of thioether (sulfide) groups is 1. The lowest BCUT2D eigenvalue weighted by atomic mass is 10.2. The zero-order valence-corrected chi connectivity index (χ0v) is 13.4. The summed E-state index contributed by atoms with van der Waals surface area (Å²) in [4.78, 5) is 25.1. The van der Waals surface area contributed by atoms with Gasteiger partial charge in [-0.05, 0) is 31.5 Å². The monoisotopic (exact) mass is 313 g/mol. The average Bonchev–Trinajstić information content (AvgIpc) is 2.45. The first kappa shape index (κ1) is 17.5. The number of amides is 1. The third-order valence-electron chi connectivity index (χ3n) is 2.97. The van der Waals surface area contributed by atoms with Gasteiger partial charge >= 0.3 is 5.97 Å². The van der Waals surface area contributed by atoms with Gasteiger partial charge in [0.05, 0.1) is 12.4 Å². The highest BCUT2D eigenvalue weighted by atomic mass is 32.2. The topological polar surface area (TPSA) is 46.6 Å². The Bertz CT molecular complexity index is 509. The van der Waals surface area contributed by atoms with Crippen LogP contribution in [0.1, 0.15) is 19.4 Å². The van der Waals surface area contributed by atoms with E-state index in [1.165, 1.54) is 35.9 Å². The fourth-order valence-corrected chi connectivity index (χ4v) is 3.00. The number of rotatable bonds is 6. The highest BCUT2D eigenvalue weighted by molar-refractivity contribution is 8.01. The number of hydrogen-bond donors (Lipinski definition) is 0. The second-order valence-electron chi connectivity index (χ2n) is 4.77. The molecule has 1 aromatic carbocycles. The van der Waals surface area contributed by atoms with Gasteiger partial charge in [0.25, 0.3) is 0 Å². The maximum Gasteiger partial charge on any atom is 0.318 e. The molecular formula is C15H20FNO3S. The highest BCUT2D eigenvalue weighted by Crippen LogP contribution is 2.20. The fourth-order valence-electron chi connectivity index (χ4n) is 1.88. The summed E-state index contributed by atoms with van der Waals surface area (Å²) in [5.74, 6) is -0.789. The molecule has 0 aliphatic rings. The van der Waals surface area contributed by atoms with E-state index in [0.29, 0.717) is 6.54 Å². The SMILES string of the molecule is COC(=O)C(C)SC(C)C(=O)N(C)Cc1cccc(F)c1. The predicted octanol–water partition coefficient (Wildman–Crippen LogP) is 2.47. The first-order chi connectivity index (χ1) is 9.85. The van der Waals surface area contributed by atoms with Gasteiger partial charge in [0.1, 0.15) is 11.1 Å². The number of nitrogens with zero attached hydrogens (tertiary/aromatic N) is 1. The lowest BCUT2D eigenvalue weighted by molar-refractivity contribution is -0.139. The van der Waals surface area contributed by atoms with Crippen molar-refractivity contribution in [2.75, 3.05) is 14.2 Å². The molecule has 21 heavy (non-hydrogen) atoms. The van der Waals surface area contributed by atoms with Crippen LogP contribution >= 0.6 is 11.8 Å². The van der Waals surface area contributed by atoms with Crippen LogP contribution < -0.4 is 0 Å². The first-order valence-corrected chi connectivity index (χ1v) is 7.52. The van der Waals surface area contributed by atoms with E-state index < -0.39 is 5.25 Å². The van der Waals surface area contributed by atoms with Crippen molar-refractivity contribution in [1.29, 1.82) is 0 Å². The third-order valence-corrected chi connectivity index (χ3v) is 4.18. The standard InChI is InChI=1S/C15H20FNO3S/c1-10(21-11(2)15(19)20-4)14(18)17(3)9-12-6-5-7-13(16)8-12/h5-8,10-11H,9H2,1-4H3.